The van der Waals surface area contributed by atoms with Crippen LogP contribution in [-0.2, 0) is 16.0 Å². The van der Waals surface area contributed by atoms with Crippen LogP contribution >= 0.6 is 0 Å². The Hall–Kier alpha value is -1.86. The first kappa shape index (κ1) is 20.2. The maximum atomic E-state index is 5.44. The molecule has 1 aromatic heterocycles. The van der Waals surface area contributed by atoms with E-state index in [-0.39, 0.29) is 0 Å². The van der Waals surface area contributed by atoms with Crippen LogP contribution in [0.5, 0.6) is 0 Å². The normalized spacial score (nSPS) is 11.4. The van der Waals surface area contributed by atoms with Crippen molar-refractivity contribution in [1.29, 1.82) is 0 Å². The molecule has 0 aliphatic heterocycles. The van der Waals surface area contributed by atoms with Crippen LogP contribution in [0.3, 0.4) is 0 Å². The molecular formula is C17H31N5O2. The van der Waals surface area contributed by atoms with Gasteiger partial charge in [-0.05, 0) is 31.0 Å². The van der Waals surface area contributed by atoms with Gasteiger partial charge in [-0.1, -0.05) is 0 Å². The molecule has 7 heteroatoms. The number of hydrogen-bond acceptors (Lipinski definition) is 5. The van der Waals surface area contributed by atoms with Gasteiger partial charge in [0.1, 0.15) is 5.82 Å². The first-order chi connectivity index (χ1) is 11.7. The van der Waals surface area contributed by atoms with Crippen LogP contribution in [-0.4, -0.2) is 65.1 Å². The maximum absolute atomic E-state index is 5.44. The molecule has 0 aliphatic rings. The fourth-order valence-electron chi connectivity index (χ4n) is 1.94. The zero-order chi connectivity index (χ0) is 17.6. The van der Waals surface area contributed by atoms with E-state index in [4.69, 9.17) is 9.47 Å². The number of nitrogens with zero attached hydrogens (tertiary/aromatic N) is 3. The van der Waals surface area contributed by atoms with Crippen molar-refractivity contribution in [3.63, 3.8) is 0 Å². The fourth-order valence-corrected chi connectivity index (χ4v) is 1.94. The average Bonchev–Trinajstić information content (AvgIpc) is 2.59. The molecular weight excluding hydrogens is 306 g/mol. The third kappa shape index (κ3) is 8.69. The third-order valence-electron chi connectivity index (χ3n) is 3.22. The van der Waals surface area contributed by atoms with Gasteiger partial charge in [-0.3, -0.25) is 0 Å². The second-order valence-corrected chi connectivity index (χ2v) is 5.50. The van der Waals surface area contributed by atoms with Gasteiger partial charge in [0, 0.05) is 47.1 Å². The number of ether oxygens (including phenoxy) is 2. The number of aromatic nitrogens is 1. The summed E-state index contributed by atoms with van der Waals surface area (Å²) in [7, 11) is 5.64. The lowest BCUT2D eigenvalue weighted by molar-refractivity contribution is 0.0698. The van der Waals surface area contributed by atoms with Gasteiger partial charge in [0.2, 0.25) is 0 Å². The minimum absolute atomic E-state index is 0.614. The standard InChI is InChI=1S/C17H31N5O2/c1-5-18-17(20-8-6-10-24-12-11-23-4)21-14-15-7-9-19-16(13-15)22(2)3/h7,9,13H,5-6,8,10-12,14H2,1-4H3,(H2,18,20,21). The van der Waals surface area contributed by atoms with E-state index in [9.17, 15) is 0 Å². The van der Waals surface area contributed by atoms with Crippen LogP contribution in [0.2, 0.25) is 0 Å². The van der Waals surface area contributed by atoms with Crippen molar-refractivity contribution in [2.75, 3.05) is 59.0 Å². The first-order valence-electron chi connectivity index (χ1n) is 8.38. The highest BCUT2D eigenvalue weighted by atomic mass is 16.5. The van der Waals surface area contributed by atoms with Crippen LogP contribution in [0.25, 0.3) is 0 Å². The van der Waals surface area contributed by atoms with E-state index in [0.29, 0.717) is 26.4 Å². The zero-order valence-electron chi connectivity index (χ0n) is 15.3. The van der Waals surface area contributed by atoms with Crippen molar-refractivity contribution < 1.29 is 9.47 Å². The lowest BCUT2D eigenvalue weighted by Gasteiger charge is -2.13. The molecule has 0 aliphatic carbocycles. The largest absolute Gasteiger partial charge is 0.382 e. The highest BCUT2D eigenvalue weighted by Crippen LogP contribution is 2.10. The summed E-state index contributed by atoms with van der Waals surface area (Å²) in [4.78, 5) is 10.9. The molecule has 7 nitrogen and oxygen atoms in total. The molecule has 0 saturated heterocycles. The molecule has 136 valence electrons. The third-order valence-corrected chi connectivity index (χ3v) is 3.22. The Labute approximate surface area is 145 Å². The van der Waals surface area contributed by atoms with Crippen LogP contribution in [0.4, 0.5) is 5.82 Å². The smallest absolute Gasteiger partial charge is 0.191 e. The molecule has 24 heavy (non-hydrogen) atoms. The summed E-state index contributed by atoms with van der Waals surface area (Å²) in [6, 6.07) is 4.04. The van der Waals surface area contributed by atoms with Crippen molar-refractivity contribution >= 4 is 11.8 Å². The maximum Gasteiger partial charge on any atom is 0.191 e. The second-order valence-electron chi connectivity index (χ2n) is 5.50. The van der Waals surface area contributed by atoms with Crippen molar-refractivity contribution in [2.24, 2.45) is 4.99 Å². The summed E-state index contributed by atoms with van der Waals surface area (Å²) in [5.41, 5.74) is 1.13. The summed E-state index contributed by atoms with van der Waals surface area (Å²) < 4.78 is 10.4. The first-order valence-corrected chi connectivity index (χ1v) is 8.38. The van der Waals surface area contributed by atoms with Crippen molar-refractivity contribution in [3.05, 3.63) is 23.9 Å². The predicted molar refractivity (Wildman–Crippen MR) is 98.7 cm³/mol. The Bertz CT molecular complexity index is 480. The predicted octanol–water partition coefficient (Wildman–Crippen LogP) is 1.26. The highest BCUT2D eigenvalue weighted by Gasteiger charge is 2.01. The molecule has 0 bridgehead atoms. The number of hydrogen-bond donors (Lipinski definition) is 2. The zero-order valence-corrected chi connectivity index (χ0v) is 15.3. The molecule has 1 rings (SSSR count). The van der Waals surface area contributed by atoms with E-state index in [1.165, 1.54) is 0 Å². The molecule has 0 spiro atoms. The topological polar surface area (TPSA) is 71.0 Å². The number of nitrogens with one attached hydrogen (secondary N) is 2. The fraction of sp³-hybridized carbons (Fsp3) is 0.647. The minimum atomic E-state index is 0.614. The second kappa shape index (κ2) is 12.5. The van der Waals surface area contributed by atoms with Gasteiger partial charge in [0.05, 0.1) is 19.8 Å². The number of guanidine groups is 1. The highest BCUT2D eigenvalue weighted by molar-refractivity contribution is 5.79. The molecule has 2 N–H and O–H groups in total. The van der Waals surface area contributed by atoms with Crippen LogP contribution < -0.4 is 15.5 Å². The van der Waals surface area contributed by atoms with Gasteiger partial charge < -0.3 is 25.0 Å². The SMILES string of the molecule is CCNC(=NCc1ccnc(N(C)C)c1)NCCCOCCOC. The molecule has 0 radical (unpaired) electrons. The Morgan fingerprint density at radius 1 is 1.25 bits per heavy atom. The van der Waals surface area contributed by atoms with E-state index < -0.39 is 0 Å². The summed E-state index contributed by atoms with van der Waals surface area (Å²) in [6.45, 7) is 6.31. The Balaban J connectivity index is 2.40. The van der Waals surface area contributed by atoms with E-state index in [1.54, 1.807) is 7.11 Å². The summed E-state index contributed by atoms with van der Waals surface area (Å²) >= 11 is 0. The van der Waals surface area contributed by atoms with Crippen molar-refractivity contribution in [2.45, 2.75) is 19.9 Å². The lowest BCUT2D eigenvalue weighted by Crippen LogP contribution is -2.38. The van der Waals surface area contributed by atoms with Crippen molar-refractivity contribution in [3.8, 4) is 0 Å². The van der Waals surface area contributed by atoms with Gasteiger partial charge >= 0.3 is 0 Å². The molecule has 1 aromatic rings. The molecule has 0 unspecified atom stereocenters. The summed E-state index contributed by atoms with van der Waals surface area (Å²) in [5, 5.41) is 6.57. The van der Waals surface area contributed by atoms with E-state index >= 15 is 0 Å². The van der Waals surface area contributed by atoms with E-state index in [1.807, 2.05) is 31.3 Å². The number of aliphatic imine (C=N–C) groups is 1. The van der Waals surface area contributed by atoms with Gasteiger partial charge in [0.15, 0.2) is 5.96 Å². The number of methoxy groups -OCH3 is 1. The Kier molecular flexibility index (Phi) is 10.6. The Morgan fingerprint density at radius 2 is 2.08 bits per heavy atom. The molecule has 0 aromatic carbocycles. The number of anilines is 1. The molecule has 0 saturated carbocycles. The van der Waals surface area contributed by atoms with Gasteiger partial charge in [0.25, 0.3) is 0 Å². The van der Waals surface area contributed by atoms with Crippen LogP contribution in [0.1, 0.15) is 18.9 Å². The van der Waals surface area contributed by atoms with Crippen LogP contribution in [0.15, 0.2) is 23.3 Å². The van der Waals surface area contributed by atoms with Crippen LogP contribution in [0, 0.1) is 0 Å². The van der Waals surface area contributed by atoms with Gasteiger partial charge in [-0.2, -0.15) is 0 Å². The van der Waals surface area contributed by atoms with E-state index in [2.05, 4.69) is 33.6 Å². The number of pyridine rings is 1. The minimum Gasteiger partial charge on any atom is -0.382 e. The lowest BCUT2D eigenvalue weighted by atomic mass is 10.2. The summed E-state index contributed by atoms with van der Waals surface area (Å²) in [6.07, 6.45) is 2.74. The number of rotatable bonds is 11. The molecule has 0 atom stereocenters. The monoisotopic (exact) mass is 337 g/mol. The molecule has 1 heterocycles. The average molecular weight is 337 g/mol. The summed E-state index contributed by atoms with van der Waals surface area (Å²) in [5.74, 6) is 1.76. The molecule has 0 fully saturated rings. The van der Waals surface area contributed by atoms with E-state index in [0.717, 1.165) is 36.9 Å². The van der Waals surface area contributed by atoms with Gasteiger partial charge in [-0.15, -0.1) is 0 Å². The quantitative estimate of drug-likeness (QED) is 0.360. The van der Waals surface area contributed by atoms with Gasteiger partial charge in [-0.25, -0.2) is 9.98 Å². The van der Waals surface area contributed by atoms with Crippen molar-refractivity contribution in [1.82, 2.24) is 15.6 Å². The Morgan fingerprint density at radius 3 is 2.79 bits per heavy atom. The molecule has 0 amide bonds.